The molecule has 0 unspecified atom stereocenters. The van der Waals surface area contributed by atoms with Gasteiger partial charge >= 0.3 is 0 Å². The predicted octanol–water partition coefficient (Wildman–Crippen LogP) is 3.80. The molecule has 2 aromatic rings. The van der Waals surface area contributed by atoms with Gasteiger partial charge in [0.15, 0.2) is 0 Å². The number of nitrogens with one attached hydrogen (secondary N) is 1. The molecule has 0 bridgehead atoms. The molecule has 0 radical (unpaired) electrons. The van der Waals surface area contributed by atoms with E-state index >= 15 is 0 Å². The highest BCUT2D eigenvalue weighted by molar-refractivity contribution is 5.68. The maximum absolute atomic E-state index is 4.45. The summed E-state index contributed by atoms with van der Waals surface area (Å²) in [6.07, 6.45) is 1.86. The first kappa shape index (κ1) is 11.6. The Kier molecular flexibility index (Phi) is 3.43. The maximum atomic E-state index is 4.45. The summed E-state index contributed by atoms with van der Waals surface area (Å²) in [5.41, 5.74) is 5.97. The second-order valence-corrected chi connectivity index (χ2v) is 4.21. The van der Waals surface area contributed by atoms with E-state index in [-0.39, 0.29) is 0 Å². The van der Waals surface area contributed by atoms with Crippen LogP contribution in [0.3, 0.4) is 0 Å². The Labute approximate surface area is 103 Å². The first-order chi connectivity index (χ1) is 8.22. The molecule has 2 rings (SSSR count). The fraction of sp³-hybridized carbons (Fsp3) is 0.267. The minimum Gasteiger partial charge on any atom is -0.385 e. The molecule has 0 saturated heterocycles. The van der Waals surface area contributed by atoms with Crippen molar-refractivity contribution in [3.8, 4) is 11.3 Å². The van der Waals surface area contributed by atoms with Crippen molar-refractivity contribution in [3.63, 3.8) is 0 Å². The summed E-state index contributed by atoms with van der Waals surface area (Å²) in [5, 5.41) is 3.31. The van der Waals surface area contributed by atoms with E-state index in [2.05, 4.69) is 55.3 Å². The summed E-state index contributed by atoms with van der Waals surface area (Å²) in [7, 11) is 0. The number of hydrogen-bond donors (Lipinski definition) is 1. The Balaban J connectivity index is 2.45. The fourth-order valence-electron chi connectivity index (χ4n) is 1.92. The number of hydrogen-bond acceptors (Lipinski definition) is 2. The summed E-state index contributed by atoms with van der Waals surface area (Å²) in [6.45, 7) is 7.30. The van der Waals surface area contributed by atoms with Crippen LogP contribution in [0.25, 0.3) is 11.3 Å². The van der Waals surface area contributed by atoms with E-state index in [1.807, 2.05) is 12.3 Å². The highest BCUT2D eigenvalue weighted by Gasteiger charge is 2.05. The molecule has 0 aliphatic carbocycles. The molecule has 2 nitrogen and oxygen atoms in total. The first-order valence-corrected chi connectivity index (χ1v) is 5.99. The molecular formula is C15H18N2. The Hall–Kier alpha value is -1.83. The van der Waals surface area contributed by atoms with Gasteiger partial charge in [0.2, 0.25) is 0 Å². The highest BCUT2D eigenvalue weighted by atomic mass is 14.9. The van der Waals surface area contributed by atoms with Crippen LogP contribution in [-0.2, 0) is 0 Å². The van der Waals surface area contributed by atoms with E-state index in [9.17, 15) is 0 Å². The van der Waals surface area contributed by atoms with Gasteiger partial charge in [-0.3, -0.25) is 4.98 Å². The molecular weight excluding hydrogens is 208 g/mol. The van der Waals surface area contributed by atoms with Crippen LogP contribution < -0.4 is 5.32 Å². The molecule has 0 aliphatic rings. The smallest absolute Gasteiger partial charge is 0.0725 e. The zero-order valence-corrected chi connectivity index (χ0v) is 10.6. The summed E-state index contributed by atoms with van der Waals surface area (Å²) in [6, 6.07) is 10.4. The molecule has 1 aromatic carbocycles. The van der Waals surface area contributed by atoms with Crippen molar-refractivity contribution < 1.29 is 0 Å². The van der Waals surface area contributed by atoms with Gasteiger partial charge in [-0.1, -0.05) is 18.2 Å². The topological polar surface area (TPSA) is 24.9 Å². The van der Waals surface area contributed by atoms with Crippen molar-refractivity contribution in [3.05, 3.63) is 47.7 Å². The fourth-order valence-corrected chi connectivity index (χ4v) is 1.92. The van der Waals surface area contributed by atoms with Crippen LogP contribution in [0, 0.1) is 13.8 Å². The summed E-state index contributed by atoms with van der Waals surface area (Å²) in [5.74, 6) is 0. The lowest BCUT2D eigenvalue weighted by Gasteiger charge is -2.09. The first-order valence-electron chi connectivity index (χ1n) is 5.99. The monoisotopic (exact) mass is 226 g/mol. The molecule has 0 spiro atoms. The van der Waals surface area contributed by atoms with Crippen LogP contribution in [0.4, 0.5) is 5.69 Å². The number of pyridine rings is 1. The summed E-state index contributed by atoms with van der Waals surface area (Å²) in [4.78, 5) is 4.45. The minimum atomic E-state index is 0.927. The number of benzene rings is 1. The largest absolute Gasteiger partial charge is 0.385 e. The number of rotatable bonds is 3. The standard InChI is InChI=1S/C15H18N2/c1-4-16-13-8-9-17-15(10-13)14-7-5-6-11(2)12(14)3/h5-10H,4H2,1-3H3,(H,16,17). The van der Waals surface area contributed by atoms with E-state index in [4.69, 9.17) is 0 Å². The Bertz CT molecular complexity index is 518. The van der Waals surface area contributed by atoms with Crippen molar-refractivity contribution in [2.24, 2.45) is 0 Å². The zero-order chi connectivity index (χ0) is 12.3. The molecule has 0 saturated carbocycles. The van der Waals surface area contributed by atoms with Crippen molar-refractivity contribution >= 4 is 5.69 Å². The Morgan fingerprint density at radius 2 is 2.00 bits per heavy atom. The SMILES string of the molecule is CCNc1ccnc(-c2cccc(C)c2C)c1. The molecule has 0 fully saturated rings. The van der Waals surface area contributed by atoms with Crippen LogP contribution >= 0.6 is 0 Å². The average Bonchev–Trinajstić information content (AvgIpc) is 2.33. The molecule has 1 heterocycles. The summed E-state index contributed by atoms with van der Waals surface area (Å²) >= 11 is 0. The molecule has 1 N–H and O–H groups in total. The zero-order valence-electron chi connectivity index (χ0n) is 10.6. The Morgan fingerprint density at radius 3 is 2.76 bits per heavy atom. The van der Waals surface area contributed by atoms with E-state index < -0.39 is 0 Å². The van der Waals surface area contributed by atoms with Crippen LogP contribution in [-0.4, -0.2) is 11.5 Å². The van der Waals surface area contributed by atoms with Gasteiger partial charge < -0.3 is 5.32 Å². The Morgan fingerprint density at radius 1 is 1.18 bits per heavy atom. The third-order valence-corrected chi connectivity index (χ3v) is 3.02. The third kappa shape index (κ3) is 2.47. The predicted molar refractivity (Wildman–Crippen MR) is 73.3 cm³/mol. The van der Waals surface area contributed by atoms with Crippen molar-refractivity contribution in [1.82, 2.24) is 4.98 Å². The normalized spacial score (nSPS) is 10.3. The maximum Gasteiger partial charge on any atom is 0.0725 e. The van der Waals surface area contributed by atoms with E-state index in [0.29, 0.717) is 0 Å². The van der Waals surface area contributed by atoms with Gasteiger partial charge in [0, 0.05) is 24.0 Å². The van der Waals surface area contributed by atoms with Crippen molar-refractivity contribution in [2.45, 2.75) is 20.8 Å². The second kappa shape index (κ2) is 5.00. The van der Waals surface area contributed by atoms with Crippen LogP contribution in [0.2, 0.25) is 0 Å². The van der Waals surface area contributed by atoms with Gasteiger partial charge in [-0.25, -0.2) is 0 Å². The molecule has 0 amide bonds. The van der Waals surface area contributed by atoms with Gasteiger partial charge in [-0.15, -0.1) is 0 Å². The van der Waals surface area contributed by atoms with Gasteiger partial charge in [-0.05, 0) is 44.0 Å². The van der Waals surface area contributed by atoms with Crippen LogP contribution in [0.5, 0.6) is 0 Å². The molecule has 2 heteroatoms. The summed E-state index contributed by atoms with van der Waals surface area (Å²) < 4.78 is 0. The third-order valence-electron chi connectivity index (χ3n) is 3.02. The van der Waals surface area contributed by atoms with Gasteiger partial charge in [0.05, 0.1) is 5.69 Å². The molecule has 1 aromatic heterocycles. The average molecular weight is 226 g/mol. The van der Waals surface area contributed by atoms with Crippen molar-refractivity contribution in [2.75, 3.05) is 11.9 Å². The van der Waals surface area contributed by atoms with Crippen LogP contribution in [0.1, 0.15) is 18.1 Å². The molecule has 0 aliphatic heterocycles. The van der Waals surface area contributed by atoms with Gasteiger partial charge in [0.1, 0.15) is 0 Å². The van der Waals surface area contributed by atoms with E-state index in [0.717, 1.165) is 17.9 Å². The lowest BCUT2D eigenvalue weighted by Crippen LogP contribution is -1.97. The number of anilines is 1. The number of nitrogens with zero attached hydrogens (tertiary/aromatic N) is 1. The second-order valence-electron chi connectivity index (χ2n) is 4.21. The molecule has 17 heavy (non-hydrogen) atoms. The molecule has 88 valence electrons. The highest BCUT2D eigenvalue weighted by Crippen LogP contribution is 2.25. The van der Waals surface area contributed by atoms with Gasteiger partial charge in [-0.2, -0.15) is 0 Å². The number of aryl methyl sites for hydroxylation is 1. The van der Waals surface area contributed by atoms with Crippen molar-refractivity contribution in [1.29, 1.82) is 0 Å². The minimum absolute atomic E-state index is 0.927. The number of aromatic nitrogens is 1. The van der Waals surface area contributed by atoms with Crippen LogP contribution in [0.15, 0.2) is 36.5 Å². The quantitative estimate of drug-likeness (QED) is 0.861. The molecule has 0 atom stereocenters. The lowest BCUT2D eigenvalue weighted by atomic mass is 10.0. The van der Waals surface area contributed by atoms with E-state index in [1.165, 1.54) is 16.7 Å². The lowest BCUT2D eigenvalue weighted by molar-refractivity contribution is 1.20. The van der Waals surface area contributed by atoms with E-state index in [1.54, 1.807) is 0 Å². The van der Waals surface area contributed by atoms with Gasteiger partial charge in [0.25, 0.3) is 0 Å².